The Kier molecular flexibility index (Phi) is 3.22. The molecule has 2 rings (SSSR count). The van der Waals surface area contributed by atoms with Gasteiger partial charge in [0.05, 0.1) is 17.1 Å². The van der Waals surface area contributed by atoms with Crippen LogP contribution in [0.25, 0.3) is 0 Å². The predicted molar refractivity (Wildman–Crippen MR) is 62.4 cm³/mol. The number of rotatable bonds is 3. The first kappa shape index (κ1) is 10.7. The fraction of sp³-hybridized carbons (Fsp3) is 0.0909. The van der Waals surface area contributed by atoms with Gasteiger partial charge in [0.25, 0.3) is 0 Å². The number of hydrogen-bond acceptors (Lipinski definition) is 2. The van der Waals surface area contributed by atoms with Crippen LogP contribution >= 0.6 is 11.6 Å². The maximum atomic E-state index is 11.6. The molecule has 2 N–H and O–H groups in total. The number of para-hydroxylation sites is 1. The summed E-state index contributed by atoms with van der Waals surface area (Å²) in [6.07, 6.45) is 1.86. The number of aromatic nitrogens is 2. The standard InChI is InChI=1S/C11H10ClN3O/c12-9-3-1-2-4-10(9)14-11(16)7-8-5-6-13-15-8/h1-6H,7H2,(H,13,15)(H,14,16). The van der Waals surface area contributed by atoms with Crippen LogP contribution in [-0.2, 0) is 11.2 Å². The summed E-state index contributed by atoms with van der Waals surface area (Å²) in [5, 5.41) is 9.75. The zero-order valence-corrected chi connectivity index (χ0v) is 9.16. The topological polar surface area (TPSA) is 57.8 Å². The van der Waals surface area contributed by atoms with E-state index in [1.807, 2.05) is 12.1 Å². The quantitative estimate of drug-likeness (QED) is 0.857. The van der Waals surface area contributed by atoms with Crippen LogP contribution in [0.4, 0.5) is 5.69 Å². The molecule has 0 fully saturated rings. The van der Waals surface area contributed by atoms with Crippen molar-refractivity contribution in [3.8, 4) is 0 Å². The molecule has 1 amide bonds. The van der Waals surface area contributed by atoms with E-state index in [-0.39, 0.29) is 12.3 Å². The van der Waals surface area contributed by atoms with E-state index >= 15 is 0 Å². The summed E-state index contributed by atoms with van der Waals surface area (Å²) in [6, 6.07) is 8.87. The summed E-state index contributed by atoms with van der Waals surface area (Å²) in [6.45, 7) is 0. The smallest absolute Gasteiger partial charge is 0.230 e. The highest BCUT2D eigenvalue weighted by molar-refractivity contribution is 6.33. The zero-order valence-electron chi connectivity index (χ0n) is 8.40. The normalized spacial score (nSPS) is 10.1. The number of amides is 1. The van der Waals surface area contributed by atoms with Crippen LogP contribution in [0.15, 0.2) is 36.5 Å². The van der Waals surface area contributed by atoms with E-state index in [0.717, 1.165) is 5.69 Å². The molecule has 0 bridgehead atoms. The first-order valence-corrected chi connectivity index (χ1v) is 5.16. The van der Waals surface area contributed by atoms with Gasteiger partial charge in [-0.2, -0.15) is 5.10 Å². The molecule has 0 atom stereocenters. The van der Waals surface area contributed by atoms with Crippen molar-refractivity contribution in [1.82, 2.24) is 10.2 Å². The van der Waals surface area contributed by atoms with E-state index in [4.69, 9.17) is 11.6 Å². The SMILES string of the molecule is O=C(Cc1ccn[nH]1)Nc1ccccc1Cl. The molecule has 16 heavy (non-hydrogen) atoms. The molecule has 1 aromatic heterocycles. The molecule has 0 aliphatic rings. The van der Waals surface area contributed by atoms with Crippen molar-refractivity contribution < 1.29 is 4.79 Å². The Hall–Kier alpha value is -1.81. The van der Waals surface area contributed by atoms with Crippen molar-refractivity contribution in [3.05, 3.63) is 47.2 Å². The maximum absolute atomic E-state index is 11.6. The van der Waals surface area contributed by atoms with Gasteiger partial charge in [-0.05, 0) is 18.2 Å². The lowest BCUT2D eigenvalue weighted by Crippen LogP contribution is -2.14. The van der Waals surface area contributed by atoms with Crippen molar-refractivity contribution in [2.24, 2.45) is 0 Å². The third kappa shape index (κ3) is 2.61. The molecule has 4 nitrogen and oxygen atoms in total. The molecule has 0 saturated carbocycles. The number of halogens is 1. The number of aromatic amines is 1. The Morgan fingerprint density at radius 2 is 2.19 bits per heavy atom. The molecule has 0 aliphatic heterocycles. The molecule has 0 spiro atoms. The average Bonchev–Trinajstić information content (AvgIpc) is 2.74. The second-order valence-corrected chi connectivity index (χ2v) is 3.69. The third-order valence-electron chi connectivity index (χ3n) is 2.06. The van der Waals surface area contributed by atoms with E-state index in [0.29, 0.717) is 10.7 Å². The number of H-pyrrole nitrogens is 1. The molecule has 2 aromatic rings. The zero-order chi connectivity index (χ0) is 11.4. The Morgan fingerprint density at radius 3 is 2.88 bits per heavy atom. The van der Waals surface area contributed by atoms with Gasteiger partial charge in [-0.25, -0.2) is 0 Å². The molecule has 0 aliphatic carbocycles. The Labute approximate surface area is 97.6 Å². The average molecular weight is 236 g/mol. The summed E-state index contributed by atoms with van der Waals surface area (Å²) < 4.78 is 0. The fourth-order valence-corrected chi connectivity index (χ4v) is 1.50. The lowest BCUT2D eigenvalue weighted by atomic mass is 10.2. The van der Waals surface area contributed by atoms with Crippen molar-refractivity contribution in [3.63, 3.8) is 0 Å². The first-order valence-electron chi connectivity index (χ1n) is 4.78. The predicted octanol–water partition coefficient (Wildman–Crippen LogP) is 2.24. The number of carbonyl (C=O) groups excluding carboxylic acids is 1. The third-order valence-corrected chi connectivity index (χ3v) is 2.39. The lowest BCUT2D eigenvalue weighted by Gasteiger charge is -2.05. The maximum Gasteiger partial charge on any atom is 0.230 e. The summed E-state index contributed by atoms with van der Waals surface area (Å²) in [5.74, 6) is -0.127. The Balaban J connectivity index is 2.00. The molecule has 0 unspecified atom stereocenters. The van der Waals surface area contributed by atoms with Crippen LogP contribution in [0.2, 0.25) is 5.02 Å². The Bertz CT molecular complexity index is 482. The van der Waals surface area contributed by atoms with Gasteiger partial charge in [0, 0.05) is 11.9 Å². The van der Waals surface area contributed by atoms with E-state index in [1.165, 1.54) is 0 Å². The summed E-state index contributed by atoms with van der Waals surface area (Å²) in [7, 11) is 0. The minimum absolute atomic E-state index is 0.127. The second kappa shape index (κ2) is 4.81. The minimum Gasteiger partial charge on any atom is -0.324 e. The van der Waals surface area contributed by atoms with Crippen LogP contribution in [0.3, 0.4) is 0 Å². The van der Waals surface area contributed by atoms with Crippen LogP contribution in [0, 0.1) is 0 Å². The van der Waals surface area contributed by atoms with Crippen LogP contribution in [0.1, 0.15) is 5.69 Å². The van der Waals surface area contributed by atoms with Crippen molar-refractivity contribution in [2.45, 2.75) is 6.42 Å². The van der Waals surface area contributed by atoms with Crippen molar-refractivity contribution in [2.75, 3.05) is 5.32 Å². The molecule has 1 aromatic carbocycles. The van der Waals surface area contributed by atoms with E-state index in [2.05, 4.69) is 15.5 Å². The first-order chi connectivity index (χ1) is 7.75. The Morgan fingerprint density at radius 1 is 1.38 bits per heavy atom. The number of benzene rings is 1. The molecule has 1 heterocycles. The van der Waals surface area contributed by atoms with Gasteiger partial charge in [-0.1, -0.05) is 23.7 Å². The highest BCUT2D eigenvalue weighted by atomic mass is 35.5. The fourth-order valence-electron chi connectivity index (χ4n) is 1.31. The summed E-state index contributed by atoms with van der Waals surface area (Å²) >= 11 is 5.92. The van der Waals surface area contributed by atoms with Crippen LogP contribution in [-0.4, -0.2) is 16.1 Å². The van der Waals surface area contributed by atoms with Gasteiger partial charge in [-0.15, -0.1) is 0 Å². The van der Waals surface area contributed by atoms with E-state index in [9.17, 15) is 4.79 Å². The molecular formula is C11H10ClN3O. The second-order valence-electron chi connectivity index (χ2n) is 3.29. The molecule has 82 valence electrons. The van der Waals surface area contributed by atoms with Gasteiger partial charge in [0.2, 0.25) is 5.91 Å². The van der Waals surface area contributed by atoms with Crippen molar-refractivity contribution >= 4 is 23.2 Å². The van der Waals surface area contributed by atoms with Gasteiger partial charge in [0.15, 0.2) is 0 Å². The van der Waals surface area contributed by atoms with Gasteiger partial charge < -0.3 is 5.32 Å². The van der Waals surface area contributed by atoms with Crippen molar-refractivity contribution in [1.29, 1.82) is 0 Å². The minimum atomic E-state index is -0.127. The number of nitrogens with one attached hydrogen (secondary N) is 2. The lowest BCUT2D eigenvalue weighted by molar-refractivity contribution is -0.115. The number of hydrogen-bond donors (Lipinski definition) is 2. The summed E-state index contributed by atoms with van der Waals surface area (Å²) in [5.41, 5.74) is 1.39. The van der Waals surface area contributed by atoms with E-state index < -0.39 is 0 Å². The summed E-state index contributed by atoms with van der Waals surface area (Å²) in [4.78, 5) is 11.6. The van der Waals surface area contributed by atoms with Gasteiger partial charge in [0.1, 0.15) is 0 Å². The number of nitrogens with zero attached hydrogens (tertiary/aromatic N) is 1. The highest BCUT2D eigenvalue weighted by Crippen LogP contribution is 2.20. The monoisotopic (exact) mass is 235 g/mol. The number of anilines is 1. The van der Waals surface area contributed by atoms with Gasteiger partial charge >= 0.3 is 0 Å². The molecular weight excluding hydrogens is 226 g/mol. The largest absolute Gasteiger partial charge is 0.324 e. The molecule has 0 radical (unpaired) electrons. The van der Waals surface area contributed by atoms with E-state index in [1.54, 1.807) is 24.4 Å². The van der Waals surface area contributed by atoms with Crippen LogP contribution < -0.4 is 5.32 Å². The van der Waals surface area contributed by atoms with Gasteiger partial charge in [-0.3, -0.25) is 9.89 Å². The molecule has 0 saturated heterocycles. The highest BCUT2D eigenvalue weighted by Gasteiger charge is 2.06. The molecule has 5 heteroatoms. The van der Waals surface area contributed by atoms with Crippen LogP contribution in [0.5, 0.6) is 0 Å². The number of carbonyl (C=O) groups is 1.